The number of H-pyrrole nitrogens is 1. The molecule has 0 saturated carbocycles. The molecule has 4 rings (SSSR count). The summed E-state index contributed by atoms with van der Waals surface area (Å²) in [6, 6.07) is 20.9. The Labute approximate surface area is 216 Å². The number of aromatic nitrogens is 1. The lowest BCUT2D eigenvalue weighted by molar-refractivity contribution is -0.132. The number of methoxy groups -OCH3 is 1. The van der Waals surface area contributed by atoms with Gasteiger partial charge in [-0.05, 0) is 67.8 Å². The van der Waals surface area contributed by atoms with Gasteiger partial charge in [-0.15, -0.1) is 0 Å². The van der Waals surface area contributed by atoms with Crippen molar-refractivity contribution in [2.24, 2.45) is 0 Å². The van der Waals surface area contributed by atoms with Crippen LogP contribution in [0.4, 0.5) is 4.39 Å². The molecule has 0 aliphatic carbocycles. The molecule has 6 nitrogen and oxygen atoms in total. The van der Waals surface area contributed by atoms with E-state index in [1.165, 1.54) is 12.1 Å². The average molecular weight is 502 g/mol. The predicted octanol–water partition coefficient (Wildman–Crippen LogP) is 5.44. The van der Waals surface area contributed by atoms with Crippen LogP contribution in [0.1, 0.15) is 35.3 Å². The van der Waals surface area contributed by atoms with Crippen molar-refractivity contribution in [1.29, 1.82) is 0 Å². The minimum atomic E-state index is -0.324. The zero-order valence-electron chi connectivity index (χ0n) is 21.4. The molecule has 1 aromatic heterocycles. The van der Waals surface area contributed by atoms with Gasteiger partial charge >= 0.3 is 0 Å². The first-order valence-corrected chi connectivity index (χ1v) is 12.4. The Morgan fingerprint density at radius 1 is 1.00 bits per heavy atom. The molecule has 0 aliphatic rings. The van der Waals surface area contributed by atoms with Gasteiger partial charge in [-0.2, -0.15) is 0 Å². The van der Waals surface area contributed by atoms with Crippen molar-refractivity contribution in [3.05, 3.63) is 102 Å². The Kier molecular flexibility index (Phi) is 8.23. The molecular formula is C30H32FN3O3. The van der Waals surface area contributed by atoms with Gasteiger partial charge in [0.05, 0.1) is 7.11 Å². The highest BCUT2D eigenvalue weighted by Crippen LogP contribution is 2.20. The molecule has 37 heavy (non-hydrogen) atoms. The Bertz CT molecular complexity index is 1360. The van der Waals surface area contributed by atoms with Crippen LogP contribution in [0.2, 0.25) is 0 Å². The van der Waals surface area contributed by atoms with Crippen LogP contribution < -0.4 is 4.74 Å². The number of hydrogen-bond donors (Lipinski definition) is 1. The van der Waals surface area contributed by atoms with E-state index >= 15 is 0 Å². The smallest absolute Gasteiger partial charge is 0.254 e. The number of carbonyl (C=O) groups is 2. The summed E-state index contributed by atoms with van der Waals surface area (Å²) < 4.78 is 18.8. The van der Waals surface area contributed by atoms with Crippen LogP contribution in [-0.4, -0.2) is 52.8 Å². The molecule has 7 heteroatoms. The van der Waals surface area contributed by atoms with Crippen LogP contribution in [0, 0.1) is 5.82 Å². The predicted molar refractivity (Wildman–Crippen MR) is 143 cm³/mol. The number of rotatable bonds is 10. The third kappa shape index (κ3) is 6.36. The monoisotopic (exact) mass is 501 g/mol. The van der Waals surface area contributed by atoms with Crippen molar-refractivity contribution < 1.29 is 18.7 Å². The average Bonchev–Trinajstić information content (AvgIpc) is 3.33. The molecule has 0 saturated heterocycles. The molecule has 0 unspecified atom stereocenters. The highest BCUT2D eigenvalue weighted by atomic mass is 19.1. The number of aromatic amines is 1. The van der Waals surface area contributed by atoms with Crippen molar-refractivity contribution in [2.75, 3.05) is 20.2 Å². The van der Waals surface area contributed by atoms with E-state index in [0.29, 0.717) is 30.8 Å². The van der Waals surface area contributed by atoms with Gasteiger partial charge in [0.2, 0.25) is 5.91 Å². The van der Waals surface area contributed by atoms with E-state index in [1.807, 2.05) is 38.2 Å². The Balaban J connectivity index is 1.55. The van der Waals surface area contributed by atoms with E-state index < -0.39 is 0 Å². The second-order valence-electron chi connectivity index (χ2n) is 9.31. The fourth-order valence-corrected chi connectivity index (χ4v) is 4.35. The highest BCUT2D eigenvalue weighted by molar-refractivity contribution is 5.97. The number of benzene rings is 3. The third-order valence-corrected chi connectivity index (χ3v) is 6.47. The molecule has 1 heterocycles. The van der Waals surface area contributed by atoms with Crippen LogP contribution >= 0.6 is 0 Å². The lowest BCUT2D eigenvalue weighted by Gasteiger charge is -2.30. The molecule has 2 amide bonds. The molecule has 0 aliphatic heterocycles. The first-order chi connectivity index (χ1) is 17.9. The molecule has 192 valence electrons. The second kappa shape index (κ2) is 11.7. The molecule has 0 fully saturated rings. The summed E-state index contributed by atoms with van der Waals surface area (Å²) in [4.78, 5) is 33.6. The normalized spacial score (nSPS) is 11.1. The number of fused-ring (bicyclic) bond motifs is 1. The van der Waals surface area contributed by atoms with E-state index in [0.717, 1.165) is 22.0 Å². The molecule has 3 aromatic carbocycles. The van der Waals surface area contributed by atoms with Crippen LogP contribution in [0.25, 0.3) is 10.9 Å². The largest absolute Gasteiger partial charge is 0.497 e. The standard InChI is InChI=1S/C30H32FN3O3/c1-21(2)34(30(36)23-7-6-8-26(17-23)37-3)20-29(35)33(19-22-11-13-25(31)14-12-22)16-15-24-18-32-28-10-5-4-9-27(24)28/h4-14,17-18,21,32H,15-16,19-20H2,1-3H3. The third-order valence-electron chi connectivity index (χ3n) is 6.47. The van der Waals surface area contributed by atoms with Gasteiger partial charge in [-0.1, -0.05) is 36.4 Å². The van der Waals surface area contributed by atoms with Gasteiger partial charge < -0.3 is 19.5 Å². The number of amides is 2. The topological polar surface area (TPSA) is 65.6 Å². The number of hydrogen-bond acceptors (Lipinski definition) is 3. The maximum Gasteiger partial charge on any atom is 0.254 e. The summed E-state index contributed by atoms with van der Waals surface area (Å²) in [5.74, 6) is -0.150. The number of ether oxygens (including phenoxy) is 1. The summed E-state index contributed by atoms with van der Waals surface area (Å²) in [5, 5.41) is 1.12. The van der Waals surface area contributed by atoms with Crippen molar-refractivity contribution >= 4 is 22.7 Å². The Morgan fingerprint density at radius 3 is 2.49 bits per heavy atom. The molecule has 0 atom stereocenters. The van der Waals surface area contributed by atoms with E-state index in [4.69, 9.17) is 4.74 Å². The van der Waals surface area contributed by atoms with Crippen molar-refractivity contribution in [2.45, 2.75) is 32.9 Å². The zero-order valence-corrected chi connectivity index (χ0v) is 21.4. The van der Waals surface area contributed by atoms with Crippen molar-refractivity contribution in [3.8, 4) is 5.75 Å². The fraction of sp³-hybridized carbons (Fsp3) is 0.267. The van der Waals surface area contributed by atoms with Crippen LogP contribution in [0.15, 0.2) is 79.0 Å². The SMILES string of the molecule is COc1cccc(C(=O)N(CC(=O)N(CCc2c[nH]c3ccccc23)Cc2ccc(F)cc2)C(C)C)c1. The van der Waals surface area contributed by atoms with E-state index in [2.05, 4.69) is 11.1 Å². The van der Waals surface area contributed by atoms with Crippen LogP contribution in [-0.2, 0) is 17.8 Å². The second-order valence-corrected chi connectivity index (χ2v) is 9.31. The van der Waals surface area contributed by atoms with Gasteiger partial charge in [0.15, 0.2) is 0 Å². The van der Waals surface area contributed by atoms with Gasteiger partial charge in [0.1, 0.15) is 18.1 Å². The van der Waals surface area contributed by atoms with E-state index in [9.17, 15) is 14.0 Å². The van der Waals surface area contributed by atoms with Gasteiger partial charge in [-0.3, -0.25) is 9.59 Å². The van der Waals surface area contributed by atoms with Crippen molar-refractivity contribution in [1.82, 2.24) is 14.8 Å². The van der Waals surface area contributed by atoms with Gasteiger partial charge in [0, 0.05) is 41.8 Å². The first-order valence-electron chi connectivity index (χ1n) is 12.4. The molecule has 0 spiro atoms. The van der Waals surface area contributed by atoms with Gasteiger partial charge in [0.25, 0.3) is 5.91 Å². The summed E-state index contributed by atoms with van der Waals surface area (Å²) in [6.45, 7) is 4.49. The van der Waals surface area contributed by atoms with E-state index in [-0.39, 0.29) is 30.2 Å². The number of para-hydroxylation sites is 1. The number of nitrogens with one attached hydrogen (secondary N) is 1. The maximum atomic E-state index is 13.6. The molecule has 4 aromatic rings. The minimum absolute atomic E-state index is 0.0667. The number of halogens is 1. The van der Waals surface area contributed by atoms with Crippen molar-refractivity contribution in [3.63, 3.8) is 0 Å². The summed E-state index contributed by atoms with van der Waals surface area (Å²) >= 11 is 0. The molecular weight excluding hydrogens is 469 g/mol. The maximum absolute atomic E-state index is 13.6. The first kappa shape index (κ1) is 25.9. The van der Waals surface area contributed by atoms with Gasteiger partial charge in [-0.25, -0.2) is 4.39 Å². The number of carbonyl (C=O) groups excluding carboxylic acids is 2. The quantitative estimate of drug-likeness (QED) is 0.315. The van der Waals surface area contributed by atoms with E-state index in [1.54, 1.807) is 53.3 Å². The van der Waals surface area contributed by atoms with Crippen LogP contribution in [0.3, 0.4) is 0 Å². The zero-order chi connectivity index (χ0) is 26.4. The van der Waals surface area contributed by atoms with Crippen LogP contribution in [0.5, 0.6) is 5.75 Å². The summed E-state index contributed by atoms with van der Waals surface area (Å²) in [6.07, 6.45) is 2.61. The highest BCUT2D eigenvalue weighted by Gasteiger charge is 2.25. The number of nitrogens with zero attached hydrogens (tertiary/aromatic N) is 2. The Morgan fingerprint density at radius 2 is 1.76 bits per heavy atom. The lowest BCUT2D eigenvalue weighted by atomic mass is 10.1. The molecule has 1 N–H and O–H groups in total. The summed E-state index contributed by atoms with van der Waals surface area (Å²) in [7, 11) is 1.55. The molecule has 0 bridgehead atoms. The minimum Gasteiger partial charge on any atom is -0.497 e. The lowest BCUT2D eigenvalue weighted by Crippen LogP contribution is -2.46. The Hall–Kier alpha value is -4.13. The summed E-state index contributed by atoms with van der Waals surface area (Å²) in [5.41, 5.74) is 3.44. The molecule has 0 radical (unpaired) electrons. The fourth-order valence-electron chi connectivity index (χ4n) is 4.35.